The molecule has 1 rings (SSSR count). The molecule has 0 saturated carbocycles. The summed E-state index contributed by atoms with van der Waals surface area (Å²) in [6.07, 6.45) is 3.68. The maximum absolute atomic E-state index is 3.54. The summed E-state index contributed by atoms with van der Waals surface area (Å²) in [4.78, 5) is 4.04. The quantitative estimate of drug-likeness (QED) is 0.646. The normalized spacial score (nSPS) is 11.2. The lowest BCUT2D eigenvalue weighted by Crippen LogP contribution is -2.34. The topological polar surface area (TPSA) is 15.3 Å². The molecule has 0 saturated heterocycles. The van der Waals surface area contributed by atoms with E-state index in [0.29, 0.717) is 0 Å². The summed E-state index contributed by atoms with van der Waals surface area (Å²) >= 11 is 1.85. The van der Waals surface area contributed by atoms with Crippen LogP contribution in [0.5, 0.6) is 0 Å². The summed E-state index contributed by atoms with van der Waals surface area (Å²) in [7, 11) is 0. The van der Waals surface area contributed by atoms with Gasteiger partial charge in [-0.05, 0) is 43.8 Å². The van der Waals surface area contributed by atoms with Gasteiger partial charge in [0.1, 0.15) is 0 Å². The summed E-state index contributed by atoms with van der Waals surface area (Å²) in [6, 6.07) is 4.34. The summed E-state index contributed by atoms with van der Waals surface area (Å²) < 4.78 is 0. The minimum atomic E-state index is 1.10. The summed E-state index contributed by atoms with van der Waals surface area (Å²) in [5, 5.41) is 5.69. The second-order valence-corrected chi connectivity index (χ2v) is 5.45. The molecule has 0 unspecified atom stereocenters. The minimum absolute atomic E-state index is 1.10. The smallest absolute Gasteiger partial charge is 0.0107 e. The van der Waals surface area contributed by atoms with Crippen LogP contribution in [0.4, 0.5) is 0 Å². The molecule has 17 heavy (non-hydrogen) atoms. The molecule has 0 fully saturated rings. The van der Waals surface area contributed by atoms with Crippen molar-refractivity contribution >= 4 is 11.3 Å². The molecule has 2 nitrogen and oxygen atoms in total. The fourth-order valence-corrected chi connectivity index (χ4v) is 2.71. The van der Waals surface area contributed by atoms with Gasteiger partial charge in [-0.1, -0.05) is 19.9 Å². The lowest BCUT2D eigenvalue weighted by Gasteiger charge is -2.20. The van der Waals surface area contributed by atoms with E-state index in [4.69, 9.17) is 0 Å². The van der Waals surface area contributed by atoms with Crippen molar-refractivity contribution in [2.75, 3.05) is 32.7 Å². The highest BCUT2D eigenvalue weighted by molar-refractivity contribution is 7.09. The van der Waals surface area contributed by atoms with Crippen molar-refractivity contribution < 1.29 is 0 Å². The lowest BCUT2D eigenvalue weighted by molar-refractivity contribution is 0.274. The average Bonchev–Trinajstić information content (AvgIpc) is 2.82. The van der Waals surface area contributed by atoms with Crippen LogP contribution in [0.25, 0.3) is 0 Å². The molecule has 1 aromatic heterocycles. The van der Waals surface area contributed by atoms with Crippen molar-refractivity contribution in [3.63, 3.8) is 0 Å². The Morgan fingerprint density at radius 1 is 1.12 bits per heavy atom. The molecular weight excluding hydrogens is 228 g/mol. The Hall–Kier alpha value is -0.380. The van der Waals surface area contributed by atoms with Gasteiger partial charge < -0.3 is 10.2 Å². The second-order valence-electron chi connectivity index (χ2n) is 4.42. The van der Waals surface area contributed by atoms with Gasteiger partial charge in [-0.2, -0.15) is 0 Å². The first kappa shape index (κ1) is 14.7. The number of nitrogens with zero attached hydrogens (tertiary/aromatic N) is 1. The number of hydrogen-bond donors (Lipinski definition) is 1. The Morgan fingerprint density at radius 2 is 1.88 bits per heavy atom. The highest BCUT2D eigenvalue weighted by atomic mass is 32.1. The van der Waals surface area contributed by atoms with Gasteiger partial charge >= 0.3 is 0 Å². The van der Waals surface area contributed by atoms with E-state index in [1.807, 2.05) is 11.3 Å². The molecule has 1 heterocycles. The van der Waals surface area contributed by atoms with Gasteiger partial charge in [0.25, 0.3) is 0 Å². The van der Waals surface area contributed by atoms with Crippen LogP contribution in [0.15, 0.2) is 17.5 Å². The molecule has 98 valence electrons. The predicted octanol–water partition coefficient (Wildman–Crippen LogP) is 3.00. The SMILES string of the molecule is CCCN(CCC)CCNCCc1cccs1. The van der Waals surface area contributed by atoms with Gasteiger partial charge in [-0.25, -0.2) is 0 Å². The zero-order valence-corrected chi connectivity index (χ0v) is 12.1. The molecule has 0 bridgehead atoms. The standard InChI is InChI=1S/C14H26N2S/c1-3-10-16(11-4-2)12-9-15-8-7-14-6-5-13-17-14/h5-6,13,15H,3-4,7-12H2,1-2H3. The van der Waals surface area contributed by atoms with Gasteiger partial charge in [-0.3, -0.25) is 0 Å². The van der Waals surface area contributed by atoms with Crippen LogP contribution in [-0.2, 0) is 6.42 Å². The average molecular weight is 254 g/mol. The Morgan fingerprint density at radius 3 is 2.47 bits per heavy atom. The van der Waals surface area contributed by atoms with Crippen molar-refractivity contribution in [3.05, 3.63) is 22.4 Å². The monoisotopic (exact) mass is 254 g/mol. The third-order valence-corrected chi connectivity index (χ3v) is 3.75. The highest BCUT2D eigenvalue weighted by Crippen LogP contribution is 2.07. The van der Waals surface area contributed by atoms with E-state index in [9.17, 15) is 0 Å². The summed E-state index contributed by atoms with van der Waals surface area (Å²) in [5.74, 6) is 0. The lowest BCUT2D eigenvalue weighted by atomic mass is 10.3. The Labute approximate surface area is 110 Å². The van der Waals surface area contributed by atoms with E-state index in [1.165, 1.54) is 43.8 Å². The van der Waals surface area contributed by atoms with E-state index in [0.717, 1.165) is 13.1 Å². The predicted molar refractivity (Wildman–Crippen MR) is 77.9 cm³/mol. The minimum Gasteiger partial charge on any atom is -0.315 e. The fraction of sp³-hybridized carbons (Fsp3) is 0.714. The number of hydrogen-bond acceptors (Lipinski definition) is 3. The zero-order chi connectivity index (χ0) is 12.3. The van der Waals surface area contributed by atoms with Gasteiger partial charge in [-0.15, -0.1) is 11.3 Å². The van der Waals surface area contributed by atoms with Crippen LogP contribution in [0.2, 0.25) is 0 Å². The zero-order valence-electron chi connectivity index (χ0n) is 11.2. The van der Waals surface area contributed by atoms with E-state index in [1.54, 1.807) is 0 Å². The van der Waals surface area contributed by atoms with Crippen LogP contribution in [0.1, 0.15) is 31.6 Å². The molecule has 0 aromatic carbocycles. The highest BCUT2D eigenvalue weighted by Gasteiger charge is 2.01. The first-order valence-corrected chi connectivity index (χ1v) is 7.70. The third-order valence-electron chi connectivity index (χ3n) is 2.81. The number of nitrogens with one attached hydrogen (secondary N) is 1. The van der Waals surface area contributed by atoms with Crippen LogP contribution in [0, 0.1) is 0 Å². The Bertz CT molecular complexity index is 253. The molecule has 0 atom stereocenters. The molecule has 0 radical (unpaired) electrons. The molecule has 0 spiro atoms. The summed E-state index contributed by atoms with van der Waals surface area (Å²) in [5.41, 5.74) is 0. The maximum atomic E-state index is 3.54. The van der Waals surface area contributed by atoms with Gasteiger partial charge in [0.05, 0.1) is 0 Å². The van der Waals surface area contributed by atoms with Crippen LogP contribution in [0.3, 0.4) is 0 Å². The van der Waals surface area contributed by atoms with E-state index >= 15 is 0 Å². The first-order valence-electron chi connectivity index (χ1n) is 6.82. The van der Waals surface area contributed by atoms with Gasteiger partial charge in [0.15, 0.2) is 0 Å². The van der Waals surface area contributed by atoms with E-state index < -0.39 is 0 Å². The number of thiophene rings is 1. The van der Waals surface area contributed by atoms with Crippen molar-refractivity contribution in [2.45, 2.75) is 33.1 Å². The molecular formula is C14H26N2S. The van der Waals surface area contributed by atoms with Crippen LogP contribution >= 0.6 is 11.3 Å². The van der Waals surface area contributed by atoms with Gasteiger partial charge in [0, 0.05) is 24.5 Å². The molecule has 1 N–H and O–H groups in total. The van der Waals surface area contributed by atoms with Crippen LogP contribution < -0.4 is 5.32 Å². The van der Waals surface area contributed by atoms with Gasteiger partial charge in [0.2, 0.25) is 0 Å². The summed E-state index contributed by atoms with van der Waals surface area (Å²) in [6.45, 7) is 10.4. The molecule has 0 amide bonds. The van der Waals surface area contributed by atoms with Crippen molar-refractivity contribution in [1.29, 1.82) is 0 Å². The first-order chi connectivity index (χ1) is 8.36. The maximum Gasteiger partial charge on any atom is 0.0107 e. The molecule has 0 aliphatic carbocycles. The second kappa shape index (κ2) is 9.63. The van der Waals surface area contributed by atoms with Crippen molar-refractivity contribution in [2.24, 2.45) is 0 Å². The number of rotatable bonds is 10. The molecule has 1 aromatic rings. The van der Waals surface area contributed by atoms with Crippen molar-refractivity contribution in [3.8, 4) is 0 Å². The fourth-order valence-electron chi connectivity index (χ4n) is 2.00. The Kier molecular flexibility index (Phi) is 8.32. The van der Waals surface area contributed by atoms with Crippen molar-refractivity contribution in [1.82, 2.24) is 10.2 Å². The Balaban J connectivity index is 2.01. The van der Waals surface area contributed by atoms with E-state index in [2.05, 4.69) is 41.6 Å². The van der Waals surface area contributed by atoms with E-state index in [-0.39, 0.29) is 0 Å². The van der Waals surface area contributed by atoms with Crippen LogP contribution in [-0.4, -0.2) is 37.6 Å². The molecule has 3 heteroatoms. The largest absolute Gasteiger partial charge is 0.315 e. The molecule has 0 aliphatic rings. The third kappa shape index (κ3) is 6.81. The molecule has 0 aliphatic heterocycles.